The maximum atomic E-state index is 12.4. The fraction of sp³-hybridized carbons (Fsp3) is 0.381. The van der Waals surface area contributed by atoms with Crippen molar-refractivity contribution in [2.75, 3.05) is 11.9 Å². The summed E-state index contributed by atoms with van der Waals surface area (Å²) in [5.41, 5.74) is 0.900. The van der Waals surface area contributed by atoms with Gasteiger partial charge in [0.25, 0.3) is 0 Å². The Kier molecular flexibility index (Phi) is 7.41. The van der Waals surface area contributed by atoms with E-state index in [-0.39, 0.29) is 29.7 Å². The summed E-state index contributed by atoms with van der Waals surface area (Å²) in [7, 11) is 0. The van der Waals surface area contributed by atoms with Gasteiger partial charge in [0.05, 0.1) is 6.42 Å². The molecule has 0 saturated carbocycles. The number of rotatable bonds is 7. The standard InChI is InChI=1S/C21H23ClF3NO3/c1-20(2,3)29-19(27)10-15-6-4-5-7-18(15)28-12-14-8-16(22)11-17(9-14)26-13-21(23,24)25/h4-9,11,26H,10,12-13H2,1-3H3. The minimum Gasteiger partial charge on any atom is -0.489 e. The molecule has 0 fully saturated rings. The van der Waals surface area contributed by atoms with Crippen molar-refractivity contribution in [3.63, 3.8) is 0 Å². The average Bonchev–Trinajstić information content (AvgIpc) is 2.56. The smallest absolute Gasteiger partial charge is 0.405 e. The predicted octanol–water partition coefficient (Wildman–Crippen LogP) is 5.78. The lowest BCUT2D eigenvalue weighted by Crippen LogP contribution is -2.25. The molecule has 1 N–H and O–H groups in total. The lowest BCUT2D eigenvalue weighted by Gasteiger charge is -2.20. The van der Waals surface area contributed by atoms with Gasteiger partial charge in [-0.3, -0.25) is 4.79 Å². The summed E-state index contributed by atoms with van der Waals surface area (Å²) in [5.74, 6) is 0.109. The lowest BCUT2D eigenvalue weighted by atomic mass is 10.1. The first-order chi connectivity index (χ1) is 13.4. The Labute approximate surface area is 173 Å². The van der Waals surface area contributed by atoms with E-state index in [1.807, 2.05) is 0 Å². The third-order valence-electron chi connectivity index (χ3n) is 3.57. The van der Waals surface area contributed by atoms with Crippen molar-refractivity contribution >= 4 is 23.3 Å². The van der Waals surface area contributed by atoms with Crippen LogP contribution < -0.4 is 10.1 Å². The second kappa shape index (κ2) is 9.39. The number of benzene rings is 2. The average molecular weight is 430 g/mol. The third kappa shape index (κ3) is 8.64. The van der Waals surface area contributed by atoms with Crippen molar-refractivity contribution < 1.29 is 27.4 Å². The van der Waals surface area contributed by atoms with Crippen LogP contribution in [0.15, 0.2) is 42.5 Å². The van der Waals surface area contributed by atoms with Gasteiger partial charge in [0.2, 0.25) is 0 Å². The highest BCUT2D eigenvalue weighted by atomic mass is 35.5. The maximum Gasteiger partial charge on any atom is 0.405 e. The SMILES string of the molecule is CC(C)(C)OC(=O)Cc1ccccc1OCc1cc(Cl)cc(NCC(F)(F)F)c1. The number of halogens is 4. The van der Waals surface area contributed by atoms with Crippen LogP contribution in [0.25, 0.3) is 0 Å². The highest BCUT2D eigenvalue weighted by Crippen LogP contribution is 2.25. The molecule has 29 heavy (non-hydrogen) atoms. The van der Waals surface area contributed by atoms with Crippen LogP contribution in [0.1, 0.15) is 31.9 Å². The molecule has 0 spiro atoms. The van der Waals surface area contributed by atoms with E-state index in [4.69, 9.17) is 21.1 Å². The Morgan fingerprint density at radius 1 is 1.10 bits per heavy atom. The van der Waals surface area contributed by atoms with Crippen molar-refractivity contribution in [2.24, 2.45) is 0 Å². The summed E-state index contributed by atoms with van der Waals surface area (Å²) in [6.07, 6.45) is -4.29. The number of hydrogen-bond acceptors (Lipinski definition) is 4. The van der Waals surface area contributed by atoms with Crippen molar-refractivity contribution in [3.05, 3.63) is 58.6 Å². The molecule has 0 aliphatic heterocycles. The predicted molar refractivity (Wildman–Crippen MR) is 106 cm³/mol. The Morgan fingerprint density at radius 3 is 2.45 bits per heavy atom. The van der Waals surface area contributed by atoms with Gasteiger partial charge in [0.15, 0.2) is 0 Å². The molecule has 0 heterocycles. The van der Waals surface area contributed by atoms with E-state index in [0.717, 1.165) is 0 Å². The molecule has 2 aromatic rings. The second-order valence-corrected chi connectivity index (χ2v) is 7.91. The van der Waals surface area contributed by atoms with Crippen LogP contribution in [0.4, 0.5) is 18.9 Å². The Hall–Kier alpha value is -2.41. The Balaban J connectivity index is 2.06. The van der Waals surface area contributed by atoms with E-state index >= 15 is 0 Å². The van der Waals surface area contributed by atoms with Gasteiger partial charge in [-0.15, -0.1) is 0 Å². The molecule has 0 amide bonds. The first-order valence-electron chi connectivity index (χ1n) is 8.94. The number of nitrogens with one attached hydrogen (secondary N) is 1. The molecule has 0 bridgehead atoms. The van der Waals surface area contributed by atoms with Gasteiger partial charge in [0, 0.05) is 16.3 Å². The first-order valence-corrected chi connectivity index (χ1v) is 9.32. The molecule has 0 atom stereocenters. The number of para-hydroxylation sites is 1. The summed E-state index contributed by atoms with van der Waals surface area (Å²) in [6.45, 7) is 4.28. The minimum atomic E-state index is -4.33. The fourth-order valence-electron chi connectivity index (χ4n) is 2.52. The van der Waals surface area contributed by atoms with Gasteiger partial charge < -0.3 is 14.8 Å². The summed E-state index contributed by atoms with van der Waals surface area (Å²) in [4.78, 5) is 12.1. The largest absolute Gasteiger partial charge is 0.489 e. The molecule has 0 unspecified atom stereocenters. The molecule has 158 valence electrons. The highest BCUT2D eigenvalue weighted by Gasteiger charge is 2.26. The molecule has 0 aliphatic rings. The van der Waals surface area contributed by atoms with Gasteiger partial charge in [0.1, 0.15) is 24.5 Å². The van der Waals surface area contributed by atoms with E-state index in [0.29, 0.717) is 16.9 Å². The quantitative estimate of drug-likeness (QED) is 0.567. The number of carbonyl (C=O) groups is 1. The van der Waals surface area contributed by atoms with Crippen molar-refractivity contribution in [1.82, 2.24) is 0 Å². The number of ether oxygens (including phenoxy) is 2. The zero-order chi connectivity index (χ0) is 21.7. The highest BCUT2D eigenvalue weighted by molar-refractivity contribution is 6.30. The van der Waals surface area contributed by atoms with Gasteiger partial charge in [-0.25, -0.2) is 0 Å². The van der Waals surface area contributed by atoms with Crippen molar-refractivity contribution in [2.45, 2.75) is 45.6 Å². The normalized spacial score (nSPS) is 11.8. The summed E-state index contributed by atoms with van der Waals surface area (Å²) in [6, 6.07) is 11.6. The molecule has 0 aromatic heterocycles. The molecule has 0 radical (unpaired) electrons. The van der Waals surface area contributed by atoms with Crippen LogP contribution >= 0.6 is 11.6 Å². The Morgan fingerprint density at radius 2 is 1.79 bits per heavy atom. The second-order valence-electron chi connectivity index (χ2n) is 7.48. The molecule has 4 nitrogen and oxygen atoms in total. The van der Waals surface area contributed by atoms with Gasteiger partial charge in [-0.1, -0.05) is 29.8 Å². The van der Waals surface area contributed by atoms with E-state index < -0.39 is 18.3 Å². The van der Waals surface area contributed by atoms with Crippen LogP contribution in [0.5, 0.6) is 5.75 Å². The minimum absolute atomic E-state index is 0.0430. The summed E-state index contributed by atoms with van der Waals surface area (Å²) < 4.78 is 48.3. The monoisotopic (exact) mass is 429 g/mol. The van der Waals surface area contributed by atoms with E-state index in [1.54, 1.807) is 51.1 Å². The number of esters is 1. The van der Waals surface area contributed by atoms with Crippen LogP contribution in [-0.4, -0.2) is 24.3 Å². The molecular formula is C21H23ClF3NO3. The first kappa shape index (κ1) is 22.9. The van der Waals surface area contributed by atoms with E-state index in [9.17, 15) is 18.0 Å². The molecule has 8 heteroatoms. The fourth-order valence-corrected chi connectivity index (χ4v) is 2.78. The number of anilines is 1. The van der Waals surface area contributed by atoms with E-state index in [2.05, 4.69) is 5.32 Å². The molecule has 2 rings (SSSR count). The van der Waals surface area contributed by atoms with Crippen molar-refractivity contribution in [3.8, 4) is 5.75 Å². The number of alkyl halides is 3. The topological polar surface area (TPSA) is 47.6 Å². The molecular weight excluding hydrogens is 407 g/mol. The van der Waals surface area contributed by atoms with E-state index in [1.165, 1.54) is 12.1 Å². The number of carbonyl (C=O) groups excluding carboxylic acids is 1. The molecule has 0 saturated heterocycles. The van der Waals surface area contributed by atoms with Gasteiger partial charge >= 0.3 is 12.1 Å². The molecule has 2 aromatic carbocycles. The van der Waals surface area contributed by atoms with Crippen molar-refractivity contribution in [1.29, 1.82) is 0 Å². The maximum absolute atomic E-state index is 12.4. The third-order valence-corrected chi connectivity index (χ3v) is 3.79. The van der Waals surface area contributed by atoms with Crippen LogP contribution in [-0.2, 0) is 22.6 Å². The lowest BCUT2D eigenvalue weighted by molar-refractivity contribution is -0.153. The summed E-state index contributed by atoms with van der Waals surface area (Å²) in [5, 5.41) is 2.59. The number of hydrogen-bond donors (Lipinski definition) is 1. The Bertz CT molecular complexity index is 848. The zero-order valence-corrected chi connectivity index (χ0v) is 17.2. The van der Waals surface area contributed by atoms with Gasteiger partial charge in [-0.05, 0) is 50.6 Å². The van der Waals surface area contributed by atoms with Crippen LogP contribution in [0.3, 0.4) is 0 Å². The zero-order valence-electron chi connectivity index (χ0n) is 16.4. The van der Waals surface area contributed by atoms with Crippen LogP contribution in [0, 0.1) is 0 Å². The molecule has 0 aliphatic carbocycles. The van der Waals surface area contributed by atoms with Crippen LogP contribution in [0.2, 0.25) is 5.02 Å². The summed E-state index contributed by atoms with van der Waals surface area (Å²) >= 11 is 6.01. The van der Waals surface area contributed by atoms with Gasteiger partial charge in [-0.2, -0.15) is 13.2 Å².